The van der Waals surface area contributed by atoms with E-state index in [1.54, 1.807) is 6.20 Å². The molecule has 0 spiro atoms. The predicted molar refractivity (Wildman–Crippen MR) is 121 cm³/mol. The highest BCUT2D eigenvalue weighted by Gasteiger charge is 2.61. The fourth-order valence-electron chi connectivity index (χ4n) is 3.45. The van der Waals surface area contributed by atoms with Gasteiger partial charge in [-0.1, -0.05) is 20.8 Å². The van der Waals surface area contributed by atoms with Crippen molar-refractivity contribution >= 4 is 35.6 Å². The summed E-state index contributed by atoms with van der Waals surface area (Å²) in [6, 6.07) is 1.41. The summed E-state index contributed by atoms with van der Waals surface area (Å²) in [5.41, 5.74) is -0.899. The Labute approximate surface area is 182 Å². The normalized spacial score (nSPS) is 27.4. The molecule has 0 unspecified atom stereocenters. The summed E-state index contributed by atoms with van der Waals surface area (Å²) in [6.07, 6.45) is 2.64. The average Bonchev–Trinajstić information content (AvgIpc) is 2.42. The Morgan fingerprint density at radius 1 is 1.25 bits per heavy atom. The monoisotopic (exact) mass is 492 g/mol. The van der Waals surface area contributed by atoms with Crippen molar-refractivity contribution in [3.63, 3.8) is 0 Å². The van der Waals surface area contributed by atoms with E-state index in [0.717, 1.165) is 0 Å². The quantitative estimate of drug-likeness (QED) is 0.416. The number of pyridine rings is 1. The molecule has 2 rings (SSSR count). The van der Waals surface area contributed by atoms with Gasteiger partial charge in [-0.3, -0.25) is 4.98 Å². The molecule has 160 valence electrons. The summed E-state index contributed by atoms with van der Waals surface area (Å²) in [7, 11) is -2.00. The maximum Gasteiger partial charge on any atom is 0.192 e. The van der Waals surface area contributed by atoms with Gasteiger partial charge in [0.2, 0.25) is 0 Å². The standard InChI is InChI=1S/C20H34BrFN2O2SSi/c1-17(2,3)27(25)24-20(16-15(22)10-14(21)11-23-16)12-19(7,13-20)26-28(8,9)18(4,5)6/h10-11,24H,12-13H2,1-9H3/t19?,20?,27-/m0/s1. The van der Waals surface area contributed by atoms with E-state index in [1.807, 2.05) is 20.8 Å². The summed E-state index contributed by atoms with van der Waals surface area (Å²) in [5.74, 6) is -0.401. The van der Waals surface area contributed by atoms with Crippen molar-refractivity contribution in [3.8, 4) is 0 Å². The van der Waals surface area contributed by atoms with Crippen molar-refractivity contribution in [1.29, 1.82) is 0 Å². The molecule has 1 fully saturated rings. The molecule has 1 aromatic heterocycles. The minimum Gasteiger partial charge on any atom is -0.598 e. The van der Waals surface area contributed by atoms with E-state index in [2.05, 4.69) is 66.4 Å². The highest BCUT2D eigenvalue weighted by molar-refractivity contribution is 9.10. The van der Waals surface area contributed by atoms with Crippen LogP contribution in [0.5, 0.6) is 0 Å². The summed E-state index contributed by atoms with van der Waals surface area (Å²) in [4.78, 5) is 4.35. The molecule has 0 saturated heterocycles. The highest BCUT2D eigenvalue weighted by Crippen LogP contribution is 2.54. The zero-order chi connectivity index (χ0) is 21.8. The van der Waals surface area contributed by atoms with Crippen LogP contribution in [0.25, 0.3) is 0 Å². The Balaban J connectivity index is 2.36. The van der Waals surface area contributed by atoms with E-state index in [9.17, 15) is 8.94 Å². The number of hydrogen-bond donors (Lipinski definition) is 1. The smallest absolute Gasteiger partial charge is 0.192 e. The number of aromatic nitrogens is 1. The maximum absolute atomic E-state index is 14.8. The third kappa shape index (κ3) is 5.00. The molecule has 0 aliphatic heterocycles. The predicted octanol–water partition coefficient (Wildman–Crippen LogP) is 5.80. The third-order valence-electron chi connectivity index (χ3n) is 5.76. The summed E-state index contributed by atoms with van der Waals surface area (Å²) in [6.45, 7) is 18.8. The second kappa shape index (κ2) is 7.61. The molecule has 1 aromatic rings. The van der Waals surface area contributed by atoms with Gasteiger partial charge in [-0.2, -0.15) is 0 Å². The van der Waals surface area contributed by atoms with Crippen LogP contribution in [0.1, 0.15) is 67.0 Å². The Morgan fingerprint density at radius 3 is 2.21 bits per heavy atom. The molecule has 1 saturated carbocycles. The molecular weight excluding hydrogens is 459 g/mol. The first-order valence-corrected chi connectivity index (χ1v) is 14.5. The Bertz CT molecular complexity index is 728. The van der Waals surface area contributed by atoms with Crippen molar-refractivity contribution in [2.75, 3.05) is 0 Å². The second-order valence-corrected chi connectivity index (χ2v) is 18.3. The first kappa shape index (κ1) is 24.3. The van der Waals surface area contributed by atoms with Gasteiger partial charge in [-0.25, -0.2) is 4.39 Å². The zero-order valence-corrected chi connectivity index (χ0v) is 21.9. The van der Waals surface area contributed by atoms with E-state index in [1.165, 1.54) is 6.07 Å². The number of nitrogens with one attached hydrogen (secondary N) is 1. The minimum atomic E-state index is -2.00. The number of hydrogen-bond acceptors (Lipinski definition) is 4. The van der Waals surface area contributed by atoms with Crippen molar-refractivity contribution in [3.05, 3.63) is 28.2 Å². The molecule has 0 aromatic carbocycles. The van der Waals surface area contributed by atoms with E-state index in [4.69, 9.17) is 4.43 Å². The Morgan fingerprint density at radius 2 is 1.79 bits per heavy atom. The fraction of sp³-hybridized carbons (Fsp3) is 0.750. The lowest BCUT2D eigenvalue weighted by atomic mass is 9.64. The van der Waals surface area contributed by atoms with Crippen LogP contribution in [0.3, 0.4) is 0 Å². The van der Waals surface area contributed by atoms with Crippen molar-refractivity contribution in [2.45, 2.75) is 95.3 Å². The summed E-state index contributed by atoms with van der Waals surface area (Å²) >= 11 is 1.91. The first-order chi connectivity index (χ1) is 12.4. The molecule has 8 heteroatoms. The summed E-state index contributed by atoms with van der Waals surface area (Å²) < 4.78 is 37.7. The van der Waals surface area contributed by atoms with E-state index < -0.39 is 41.4 Å². The van der Waals surface area contributed by atoms with Crippen molar-refractivity contribution in [2.24, 2.45) is 0 Å². The van der Waals surface area contributed by atoms with Crippen LogP contribution >= 0.6 is 15.9 Å². The van der Waals surface area contributed by atoms with E-state index >= 15 is 0 Å². The largest absolute Gasteiger partial charge is 0.598 e. The van der Waals surface area contributed by atoms with Gasteiger partial charge >= 0.3 is 0 Å². The zero-order valence-electron chi connectivity index (χ0n) is 18.5. The SMILES string of the molecule is CC1(O[Si](C)(C)C(C)(C)C)CC(N[S@@+]([O-])C(C)(C)C)(c2ncc(Br)cc2F)C1. The molecule has 0 amide bonds. The molecule has 0 bridgehead atoms. The van der Waals surface area contributed by atoms with Crippen LogP contribution in [0.15, 0.2) is 16.7 Å². The first-order valence-electron chi connectivity index (χ1n) is 9.62. The lowest BCUT2D eigenvalue weighted by Crippen LogP contribution is -2.67. The lowest BCUT2D eigenvalue weighted by molar-refractivity contribution is -0.0720. The molecule has 1 heterocycles. The number of halogens is 2. The van der Waals surface area contributed by atoms with Gasteiger partial charge in [0.15, 0.2) is 8.32 Å². The Kier molecular flexibility index (Phi) is 6.59. The van der Waals surface area contributed by atoms with Crippen LogP contribution in [0.4, 0.5) is 4.39 Å². The van der Waals surface area contributed by atoms with Gasteiger partial charge in [-0.15, -0.1) is 4.72 Å². The molecule has 28 heavy (non-hydrogen) atoms. The molecule has 1 aliphatic carbocycles. The van der Waals surface area contributed by atoms with Crippen molar-refractivity contribution in [1.82, 2.24) is 9.71 Å². The van der Waals surface area contributed by atoms with Gasteiger partial charge in [0, 0.05) is 34.9 Å². The van der Waals surface area contributed by atoms with Crippen molar-refractivity contribution < 1.29 is 13.4 Å². The number of rotatable bonds is 5. The lowest BCUT2D eigenvalue weighted by Gasteiger charge is -2.57. The van der Waals surface area contributed by atoms with Crippen LogP contribution in [0, 0.1) is 5.82 Å². The van der Waals surface area contributed by atoms with Crippen LogP contribution < -0.4 is 4.72 Å². The fourth-order valence-corrected chi connectivity index (χ4v) is 6.34. The van der Waals surface area contributed by atoms with Crippen LogP contribution in [-0.2, 0) is 21.3 Å². The van der Waals surface area contributed by atoms with Gasteiger partial charge in [0.05, 0.1) is 5.60 Å². The second-order valence-electron chi connectivity index (χ2n) is 10.7. The molecular formula is C20H34BrFN2O2SSi. The molecule has 1 aliphatic rings. The molecule has 0 radical (unpaired) electrons. The highest BCUT2D eigenvalue weighted by atomic mass is 79.9. The van der Waals surface area contributed by atoms with Crippen LogP contribution in [0.2, 0.25) is 18.1 Å². The summed E-state index contributed by atoms with van der Waals surface area (Å²) in [5, 5.41) is 0.0804. The van der Waals surface area contributed by atoms with Gasteiger partial charge < -0.3 is 8.98 Å². The van der Waals surface area contributed by atoms with Crippen LogP contribution in [-0.4, -0.2) is 28.2 Å². The Hall–Kier alpha value is 0.00688. The molecule has 1 N–H and O–H groups in total. The molecule has 4 nitrogen and oxygen atoms in total. The topological polar surface area (TPSA) is 57.2 Å². The third-order valence-corrected chi connectivity index (χ3v) is 12.5. The number of nitrogens with zero attached hydrogens (tertiary/aromatic N) is 1. The van der Waals surface area contributed by atoms with Gasteiger partial charge in [0.25, 0.3) is 0 Å². The minimum absolute atomic E-state index is 0.0804. The van der Waals surface area contributed by atoms with E-state index in [0.29, 0.717) is 23.0 Å². The average molecular weight is 494 g/mol. The molecule has 1 atom stereocenters. The van der Waals surface area contributed by atoms with Gasteiger partial charge in [-0.05, 0) is 67.8 Å². The van der Waals surface area contributed by atoms with Gasteiger partial charge in [0.1, 0.15) is 21.8 Å². The van der Waals surface area contributed by atoms with E-state index in [-0.39, 0.29) is 5.04 Å². The maximum atomic E-state index is 14.8.